The fourth-order valence-electron chi connectivity index (χ4n) is 1.02. The second kappa shape index (κ2) is 2.34. The summed E-state index contributed by atoms with van der Waals surface area (Å²) in [4.78, 5) is 28.9. The molecule has 2 aliphatic rings. The minimum absolute atomic E-state index is 0.331. The summed E-state index contributed by atoms with van der Waals surface area (Å²) in [6.45, 7) is 0. The van der Waals surface area contributed by atoms with Crippen LogP contribution in [0.15, 0.2) is 33.3 Å². The van der Waals surface area contributed by atoms with E-state index in [4.69, 9.17) is 0 Å². The summed E-state index contributed by atoms with van der Waals surface area (Å²) in [6.07, 6.45) is 5.62. The molecular formula is C8H4N2O2. The molecule has 58 valence electrons. The van der Waals surface area contributed by atoms with Gasteiger partial charge < -0.3 is 0 Å². The molecule has 2 amide bonds. The molecular weight excluding hydrogens is 156 g/mol. The maximum absolute atomic E-state index is 11.1. The van der Waals surface area contributed by atoms with E-state index < -0.39 is 5.91 Å². The number of hydrogen-bond acceptors (Lipinski definition) is 2. The van der Waals surface area contributed by atoms with Crippen molar-refractivity contribution in [2.24, 2.45) is 9.98 Å². The van der Waals surface area contributed by atoms with Gasteiger partial charge >= 0.3 is 0 Å². The van der Waals surface area contributed by atoms with Gasteiger partial charge in [0, 0.05) is 24.1 Å². The molecule has 0 aliphatic carbocycles. The van der Waals surface area contributed by atoms with Crippen LogP contribution < -0.4 is 0 Å². The summed E-state index contributed by atoms with van der Waals surface area (Å²) in [5, 5.41) is 0. The number of carbonyl (C=O) groups excluding carboxylic acids is 2. The van der Waals surface area contributed by atoms with E-state index in [-0.39, 0.29) is 5.91 Å². The number of carbonyl (C=O) groups is 2. The molecule has 0 saturated heterocycles. The van der Waals surface area contributed by atoms with E-state index in [1.807, 2.05) is 0 Å². The highest BCUT2D eigenvalue weighted by atomic mass is 16.2. The number of aliphatic imine (C=N–C) groups is 2. The van der Waals surface area contributed by atoms with Crippen molar-refractivity contribution in [3.05, 3.63) is 23.3 Å². The van der Waals surface area contributed by atoms with Crippen LogP contribution >= 0.6 is 0 Å². The number of fused-ring (bicyclic) bond motifs is 1. The van der Waals surface area contributed by atoms with Crippen LogP contribution in [0.1, 0.15) is 0 Å². The predicted molar refractivity (Wildman–Crippen MR) is 43.2 cm³/mol. The Morgan fingerprint density at radius 2 is 2.00 bits per heavy atom. The molecule has 0 radical (unpaired) electrons. The van der Waals surface area contributed by atoms with E-state index in [9.17, 15) is 9.59 Å². The average Bonchev–Trinajstić information content (AvgIpc) is 2.07. The van der Waals surface area contributed by atoms with E-state index in [1.165, 1.54) is 18.5 Å². The fraction of sp³-hybridized carbons (Fsp3) is 0. The molecule has 2 heterocycles. The molecule has 0 spiro atoms. The number of nitrogens with zero attached hydrogens (tertiary/aromatic N) is 2. The second-order valence-corrected chi connectivity index (χ2v) is 2.36. The van der Waals surface area contributed by atoms with Gasteiger partial charge in [-0.05, 0) is 6.08 Å². The highest BCUT2D eigenvalue weighted by Crippen LogP contribution is 2.16. The lowest BCUT2D eigenvalue weighted by atomic mass is 10.0. The zero-order valence-corrected chi connectivity index (χ0v) is 6.02. The molecule has 0 N–H and O–H groups in total. The van der Waals surface area contributed by atoms with Gasteiger partial charge in [0.1, 0.15) is 0 Å². The Morgan fingerprint density at radius 1 is 1.17 bits per heavy atom. The van der Waals surface area contributed by atoms with Crippen LogP contribution in [0.4, 0.5) is 0 Å². The first kappa shape index (κ1) is 6.84. The van der Waals surface area contributed by atoms with Crippen LogP contribution in [-0.2, 0) is 9.59 Å². The standard InChI is InChI=1S/C8H4N2O2/c11-7-3-6-5(4-10-7)1-2-9-8(6)12/h1-4H. The van der Waals surface area contributed by atoms with E-state index in [0.717, 1.165) is 0 Å². The van der Waals surface area contributed by atoms with Crippen LogP contribution in [-0.4, -0.2) is 24.2 Å². The van der Waals surface area contributed by atoms with Crippen LogP contribution in [0.5, 0.6) is 0 Å². The average molecular weight is 160 g/mol. The lowest BCUT2D eigenvalue weighted by molar-refractivity contribution is -0.116. The Hall–Kier alpha value is -1.84. The Kier molecular flexibility index (Phi) is 1.33. The zero-order valence-electron chi connectivity index (χ0n) is 6.02. The predicted octanol–water partition coefficient (Wildman–Crippen LogP) is 0.0612. The minimum atomic E-state index is -0.410. The first-order valence-electron chi connectivity index (χ1n) is 3.36. The number of allylic oxidation sites excluding steroid dienone is 1. The maximum Gasteiger partial charge on any atom is 0.277 e. The van der Waals surface area contributed by atoms with Crippen LogP contribution in [0, 0.1) is 0 Å². The highest BCUT2D eigenvalue weighted by Gasteiger charge is 2.19. The molecule has 2 rings (SSSR count). The Labute approximate surface area is 68.0 Å². The third-order valence-corrected chi connectivity index (χ3v) is 1.59. The lowest BCUT2D eigenvalue weighted by Crippen LogP contribution is -2.13. The molecule has 0 fully saturated rings. The molecule has 2 aliphatic heterocycles. The SMILES string of the molecule is O=C1C=C2C(=O)N=CC=C2C=N1. The number of amides is 2. The molecule has 12 heavy (non-hydrogen) atoms. The second-order valence-electron chi connectivity index (χ2n) is 2.36. The van der Waals surface area contributed by atoms with E-state index in [0.29, 0.717) is 11.1 Å². The summed E-state index contributed by atoms with van der Waals surface area (Å²) in [7, 11) is 0. The van der Waals surface area contributed by atoms with Gasteiger partial charge in [-0.15, -0.1) is 0 Å². The molecule has 0 bridgehead atoms. The van der Waals surface area contributed by atoms with Crippen molar-refractivity contribution in [3.63, 3.8) is 0 Å². The number of dihydropyridines is 2. The van der Waals surface area contributed by atoms with E-state index >= 15 is 0 Å². The maximum atomic E-state index is 11.1. The van der Waals surface area contributed by atoms with Gasteiger partial charge in [0.05, 0.1) is 5.57 Å². The van der Waals surface area contributed by atoms with Gasteiger partial charge in [-0.25, -0.2) is 9.98 Å². The monoisotopic (exact) mass is 160 g/mol. The van der Waals surface area contributed by atoms with Crippen molar-refractivity contribution in [3.8, 4) is 0 Å². The van der Waals surface area contributed by atoms with Crippen LogP contribution in [0.2, 0.25) is 0 Å². The Morgan fingerprint density at radius 3 is 2.83 bits per heavy atom. The van der Waals surface area contributed by atoms with Gasteiger partial charge in [-0.2, -0.15) is 0 Å². The van der Waals surface area contributed by atoms with Crippen LogP contribution in [0.25, 0.3) is 0 Å². The molecule has 0 aromatic rings. The van der Waals surface area contributed by atoms with Gasteiger partial charge in [0.2, 0.25) is 0 Å². The van der Waals surface area contributed by atoms with Gasteiger partial charge in [-0.1, -0.05) is 0 Å². The third-order valence-electron chi connectivity index (χ3n) is 1.59. The molecule has 0 aromatic carbocycles. The smallest absolute Gasteiger partial charge is 0.267 e. The highest BCUT2D eigenvalue weighted by molar-refractivity contribution is 6.20. The van der Waals surface area contributed by atoms with Crippen molar-refractivity contribution in [2.75, 3.05) is 0 Å². The molecule has 0 unspecified atom stereocenters. The van der Waals surface area contributed by atoms with E-state index in [2.05, 4.69) is 9.98 Å². The van der Waals surface area contributed by atoms with Gasteiger partial charge in [0.25, 0.3) is 11.8 Å². The first-order valence-corrected chi connectivity index (χ1v) is 3.36. The molecule has 4 heteroatoms. The van der Waals surface area contributed by atoms with Crippen LogP contribution in [0.3, 0.4) is 0 Å². The van der Waals surface area contributed by atoms with Crippen molar-refractivity contribution < 1.29 is 9.59 Å². The fourth-order valence-corrected chi connectivity index (χ4v) is 1.02. The van der Waals surface area contributed by atoms with E-state index in [1.54, 1.807) is 6.08 Å². The Bertz CT molecular complexity index is 386. The molecule has 0 saturated carbocycles. The summed E-state index contributed by atoms with van der Waals surface area (Å²) < 4.78 is 0. The first-order chi connectivity index (χ1) is 5.77. The molecule has 0 aromatic heterocycles. The van der Waals surface area contributed by atoms with Crippen molar-refractivity contribution in [1.29, 1.82) is 0 Å². The third kappa shape index (κ3) is 0.934. The molecule has 0 atom stereocenters. The van der Waals surface area contributed by atoms with Crippen molar-refractivity contribution in [1.82, 2.24) is 0 Å². The number of hydrogen-bond donors (Lipinski definition) is 0. The minimum Gasteiger partial charge on any atom is -0.267 e. The molecule has 4 nitrogen and oxygen atoms in total. The van der Waals surface area contributed by atoms with Crippen molar-refractivity contribution >= 4 is 24.2 Å². The lowest BCUT2D eigenvalue weighted by Gasteiger charge is -2.08. The summed E-state index contributed by atoms with van der Waals surface area (Å²) in [5.41, 5.74) is 0.979. The summed E-state index contributed by atoms with van der Waals surface area (Å²) >= 11 is 0. The largest absolute Gasteiger partial charge is 0.277 e. The summed E-state index contributed by atoms with van der Waals surface area (Å²) in [5.74, 6) is -0.792. The topological polar surface area (TPSA) is 58.9 Å². The normalized spacial score (nSPS) is 20.3. The van der Waals surface area contributed by atoms with Gasteiger partial charge in [-0.3, -0.25) is 9.59 Å². The van der Waals surface area contributed by atoms with Crippen molar-refractivity contribution in [2.45, 2.75) is 0 Å². The quantitative estimate of drug-likeness (QED) is 0.503. The van der Waals surface area contributed by atoms with Gasteiger partial charge in [0.15, 0.2) is 0 Å². The summed E-state index contributed by atoms with van der Waals surface area (Å²) in [6, 6.07) is 0. The Balaban J connectivity index is 2.53. The zero-order chi connectivity index (χ0) is 8.55. The number of rotatable bonds is 0.